The second-order valence-electron chi connectivity index (χ2n) is 5.22. The smallest absolute Gasteiger partial charge is 0.358 e. The molecule has 0 saturated carbocycles. The molecule has 1 fully saturated rings. The van der Waals surface area contributed by atoms with Crippen molar-refractivity contribution in [2.75, 3.05) is 13.1 Å². The van der Waals surface area contributed by atoms with Gasteiger partial charge < -0.3 is 5.11 Å². The molecule has 7 heteroatoms. The zero-order valence-electron chi connectivity index (χ0n) is 11.5. The van der Waals surface area contributed by atoms with Gasteiger partial charge >= 0.3 is 5.97 Å². The summed E-state index contributed by atoms with van der Waals surface area (Å²) in [5.74, 6) is -1.05. The lowest BCUT2D eigenvalue weighted by Gasteiger charge is -2.43. The van der Waals surface area contributed by atoms with E-state index in [1.54, 1.807) is 4.68 Å². The molecule has 1 N–H and O–H groups in total. The number of likely N-dealkylation sites (tertiary alicyclic amines) is 1. The third-order valence-corrected chi connectivity index (χ3v) is 4.15. The molecule has 1 aromatic carbocycles. The summed E-state index contributed by atoms with van der Waals surface area (Å²) in [7, 11) is 0. The lowest BCUT2D eigenvalue weighted by molar-refractivity contribution is 0.0585. The molecule has 1 atom stereocenters. The van der Waals surface area contributed by atoms with Gasteiger partial charge in [0.25, 0.3) is 0 Å². The number of benzene rings is 1. The summed E-state index contributed by atoms with van der Waals surface area (Å²) in [5, 5.41) is 17.1. The van der Waals surface area contributed by atoms with Crippen molar-refractivity contribution in [3.8, 4) is 0 Å². The van der Waals surface area contributed by atoms with Crippen LogP contribution in [0.1, 0.15) is 35.1 Å². The van der Waals surface area contributed by atoms with Crippen molar-refractivity contribution >= 4 is 17.6 Å². The van der Waals surface area contributed by atoms with Crippen molar-refractivity contribution in [2.45, 2.75) is 19.0 Å². The number of carbonyl (C=O) groups is 1. The highest BCUT2D eigenvalue weighted by atomic mass is 35.5. The van der Waals surface area contributed by atoms with Gasteiger partial charge in [-0.3, -0.25) is 4.90 Å². The molecule has 110 valence electrons. The van der Waals surface area contributed by atoms with Crippen LogP contribution in [0, 0.1) is 0 Å². The van der Waals surface area contributed by atoms with E-state index < -0.39 is 5.97 Å². The van der Waals surface area contributed by atoms with Crippen molar-refractivity contribution in [3.63, 3.8) is 0 Å². The van der Waals surface area contributed by atoms with Gasteiger partial charge in [-0.15, -0.1) is 5.10 Å². The summed E-state index contributed by atoms with van der Waals surface area (Å²) in [5.41, 5.74) is 1.20. The first-order chi connectivity index (χ1) is 10.0. The van der Waals surface area contributed by atoms with E-state index in [1.165, 1.54) is 11.8 Å². The Bertz CT molecular complexity index is 649. The van der Waals surface area contributed by atoms with E-state index in [0.717, 1.165) is 18.1 Å². The lowest BCUT2D eigenvalue weighted by atomic mass is 10.0. The third-order valence-electron chi connectivity index (χ3n) is 3.89. The second-order valence-corrected chi connectivity index (χ2v) is 5.66. The molecule has 1 aliphatic heterocycles. The van der Waals surface area contributed by atoms with Gasteiger partial charge in [0.05, 0.1) is 12.2 Å². The fourth-order valence-electron chi connectivity index (χ4n) is 2.48. The maximum atomic E-state index is 10.8. The summed E-state index contributed by atoms with van der Waals surface area (Å²) in [6.07, 6.45) is 1.48. The van der Waals surface area contributed by atoms with E-state index in [0.29, 0.717) is 6.04 Å². The molecule has 0 bridgehead atoms. The van der Waals surface area contributed by atoms with Crippen LogP contribution in [0.2, 0.25) is 5.02 Å². The number of rotatable bonds is 4. The van der Waals surface area contributed by atoms with Crippen molar-refractivity contribution in [3.05, 3.63) is 46.7 Å². The predicted octanol–water partition coefficient (Wildman–Crippen LogP) is 2.25. The molecule has 2 heterocycles. The number of nitrogens with zero attached hydrogens (tertiary/aromatic N) is 4. The van der Waals surface area contributed by atoms with E-state index >= 15 is 0 Å². The standard InChI is InChI=1S/C14H15ClN4O2/c1-9(10-2-4-11(15)5-3-10)18-6-12(7-18)19-8-13(14(20)21)16-17-19/h2-5,8-9,12H,6-7H2,1H3,(H,20,21). The van der Waals surface area contributed by atoms with E-state index in [1.807, 2.05) is 24.3 Å². The van der Waals surface area contributed by atoms with E-state index in [9.17, 15) is 4.79 Å². The Labute approximate surface area is 126 Å². The van der Waals surface area contributed by atoms with Crippen LogP contribution in [0.5, 0.6) is 0 Å². The highest BCUT2D eigenvalue weighted by Gasteiger charge is 2.33. The summed E-state index contributed by atoms with van der Waals surface area (Å²) in [6, 6.07) is 8.31. The molecule has 6 nitrogen and oxygen atoms in total. The maximum Gasteiger partial charge on any atom is 0.358 e. The van der Waals surface area contributed by atoms with Gasteiger partial charge in [-0.05, 0) is 24.6 Å². The summed E-state index contributed by atoms with van der Waals surface area (Å²) in [4.78, 5) is 13.1. The number of carboxylic acids is 1. The molecule has 0 amide bonds. The Hall–Kier alpha value is -1.92. The minimum Gasteiger partial charge on any atom is -0.476 e. The second kappa shape index (κ2) is 5.46. The highest BCUT2D eigenvalue weighted by Crippen LogP contribution is 2.31. The summed E-state index contributed by atoms with van der Waals surface area (Å²) >= 11 is 5.89. The Morgan fingerprint density at radius 3 is 2.62 bits per heavy atom. The van der Waals surface area contributed by atoms with Gasteiger partial charge in [0, 0.05) is 24.2 Å². The average molecular weight is 307 g/mol. The highest BCUT2D eigenvalue weighted by molar-refractivity contribution is 6.30. The van der Waals surface area contributed by atoms with Crippen LogP contribution >= 0.6 is 11.6 Å². The molecule has 1 aromatic heterocycles. The Kier molecular flexibility index (Phi) is 3.65. The largest absolute Gasteiger partial charge is 0.476 e. The molecular weight excluding hydrogens is 292 g/mol. The molecule has 1 aliphatic rings. The maximum absolute atomic E-state index is 10.8. The van der Waals surface area contributed by atoms with Crippen molar-refractivity contribution in [2.24, 2.45) is 0 Å². The van der Waals surface area contributed by atoms with Crippen molar-refractivity contribution < 1.29 is 9.90 Å². The SMILES string of the molecule is CC(c1ccc(Cl)cc1)N1CC(n2cc(C(=O)O)nn2)C1. The number of aromatic carboxylic acids is 1. The van der Waals surface area contributed by atoms with E-state index in [-0.39, 0.29) is 11.7 Å². The zero-order chi connectivity index (χ0) is 15.0. The van der Waals surface area contributed by atoms with Crippen LogP contribution in [0.3, 0.4) is 0 Å². The molecule has 3 rings (SSSR count). The number of halogens is 1. The van der Waals surface area contributed by atoms with Gasteiger partial charge in [-0.25, -0.2) is 9.48 Å². The molecule has 0 spiro atoms. The minimum absolute atomic E-state index is 0.0146. The normalized spacial score (nSPS) is 17.4. The molecule has 0 aliphatic carbocycles. The van der Waals surface area contributed by atoms with Crippen LogP contribution in [0.4, 0.5) is 0 Å². The van der Waals surface area contributed by atoms with Crippen LogP contribution in [0.25, 0.3) is 0 Å². The minimum atomic E-state index is -1.05. The zero-order valence-corrected chi connectivity index (χ0v) is 12.2. The number of hydrogen-bond donors (Lipinski definition) is 1. The molecular formula is C14H15ClN4O2. The van der Waals surface area contributed by atoms with Crippen molar-refractivity contribution in [1.82, 2.24) is 19.9 Å². The fraction of sp³-hybridized carbons (Fsp3) is 0.357. The topological polar surface area (TPSA) is 71.2 Å². The predicted molar refractivity (Wildman–Crippen MR) is 77.5 cm³/mol. The summed E-state index contributed by atoms with van der Waals surface area (Å²) in [6.45, 7) is 3.79. The number of hydrogen-bond acceptors (Lipinski definition) is 4. The molecule has 1 unspecified atom stereocenters. The molecule has 2 aromatic rings. The fourth-order valence-corrected chi connectivity index (χ4v) is 2.60. The Balaban J connectivity index is 1.62. The van der Waals surface area contributed by atoms with Crippen LogP contribution < -0.4 is 0 Å². The first-order valence-electron chi connectivity index (χ1n) is 6.69. The van der Waals surface area contributed by atoms with Gasteiger partial charge in [-0.1, -0.05) is 28.9 Å². The van der Waals surface area contributed by atoms with Crippen LogP contribution in [0.15, 0.2) is 30.5 Å². The van der Waals surface area contributed by atoms with Crippen LogP contribution in [-0.2, 0) is 0 Å². The third kappa shape index (κ3) is 2.77. The Morgan fingerprint density at radius 2 is 2.05 bits per heavy atom. The first kappa shape index (κ1) is 14.0. The Morgan fingerprint density at radius 1 is 1.38 bits per heavy atom. The molecule has 0 radical (unpaired) electrons. The molecule has 21 heavy (non-hydrogen) atoms. The summed E-state index contributed by atoms with van der Waals surface area (Å²) < 4.78 is 1.63. The first-order valence-corrected chi connectivity index (χ1v) is 7.07. The lowest BCUT2D eigenvalue weighted by Crippen LogP contribution is -2.48. The number of carboxylic acid groups (broad SMARTS) is 1. The quantitative estimate of drug-likeness (QED) is 0.938. The molecule has 1 saturated heterocycles. The van der Waals surface area contributed by atoms with Gasteiger partial charge in [0.1, 0.15) is 0 Å². The van der Waals surface area contributed by atoms with E-state index in [2.05, 4.69) is 22.1 Å². The van der Waals surface area contributed by atoms with Crippen molar-refractivity contribution in [1.29, 1.82) is 0 Å². The van der Waals surface area contributed by atoms with E-state index in [4.69, 9.17) is 16.7 Å². The average Bonchev–Trinajstić information content (AvgIpc) is 2.87. The van der Waals surface area contributed by atoms with Crippen LogP contribution in [-0.4, -0.2) is 44.1 Å². The van der Waals surface area contributed by atoms with Gasteiger partial charge in [0.15, 0.2) is 5.69 Å². The number of aromatic nitrogens is 3. The van der Waals surface area contributed by atoms with Gasteiger partial charge in [-0.2, -0.15) is 0 Å². The monoisotopic (exact) mass is 306 g/mol. The van der Waals surface area contributed by atoms with Gasteiger partial charge in [0.2, 0.25) is 0 Å².